The van der Waals surface area contributed by atoms with Crippen molar-refractivity contribution in [3.8, 4) is 0 Å². The van der Waals surface area contributed by atoms with Crippen LogP contribution in [0.2, 0.25) is 5.28 Å². The van der Waals surface area contributed by atoms with Crippen molar-refractivity contribution in [3.63, 3.8) is 0 Å². The van der Waals surface area contributed by atoms with E-state index in [2.05, 4.69) is 20.6 Å². The molecule has 0 saturated heterocycles. The van der Waals surface area contributed by atoms with Crippen LogP contribution in [0, 0.1) is 0 Å². The molecule has 0 unspecified atom stereocenters. The molecule has 0 fully saturated rings. The number of alkyl carbamates (subject to hydrolysis) is 1. The summed E-state index contributed by atoms with van der Waals surface area (Å²) < 4.78 is 5.04. The Kier molecular flexibility index (Phi) is 4.56. The van der Waals surface area contributed by atoms with Crippen LogP contribution in [-0.2, 0) is 9.53 Å². The van der Waals surface area contributed by atoms with Gasteiger partial charge in [-0.1, -0.05) is 0 Å². The quantitative estimate of drug-likeness (QED) is 0.808. The summed E-state index contributed by atoms with van der Waals surface area (Å²) in [6.07, 6.45) is -0.640. The van der Waals surface area contributed by atoms with Crippen LogP contribution in [0.25, 0.3) is 11.0 Å². The predicted molar refractivity (Wildman–Crippen MR) is 84.0 cm³/mol. The SMILES string of the molecule is CC(C)(C)OC(=O)NCC(=O)Nc1ccc2nc(Cl)[nH]c2c1. The zero-order chi connectivity index (χ0) is 16.3. The van der Waals surface area contributed by atoms with Gasteiger partial charge in [0, 0.05) is 5.69 Å². The molecule has 0 atom stereocenters. The zero-order valence-corrected chi connectivity index (χ0v) is 13.2. The molecule has 22 heavy (non-hydrogen) atoms. The first-order valence-electron chi connectivity index (χ1n) is 6.65. The summed E-state index contributed by atoms with van der Waals surface area (Å²) in [5.74, 6) is -0.365. The highest BCUT2D eigenvalue weighted by Crippen LogP contribution is 2.18. The minimum atomic E-state index is -0.640. The minimum Gasteiger partial charge on any atom is -0.444 e. The molecule has 8 heteroatoms. The van der Waals surface area contributed by atoms with E-state index in [0.717, 1.165) is 0 Å². The molecule has 1 heterocycles. The van der Waals surface area contributed by atoms with E-state index in [0.29, 0.717) is 16.7 Å². The lowest BCUT2D eigenvalue weighted by molar-refractivity contribution is -0.115. The van der Waals surface area contributed by atoms with Gasteiger partial charge >= 0.3 is 6.09 Å². The summed E-state index contributed by atoms with van der Waals surface area (Å²) in [4.78, 5) is 30.2. The Morgan fingerprint density at radius 3 is 2.77 bits per heavy atom. The highest BCUT2D eigenvalue weighted by atomic mass is 35.5. The first-order chi connectivity index (χ1) is 10.2. The second kappa shape index (κ2) is 6.23. The molecule has 118 valence electrons. The summed E-state index contributed by atoms with van der Waals surface area (Å²) in [6.45, 7) is 5.06. The van der Waals surface area contributed by atoms with Crippen LogP contribution < -0.4 is 10.6 Å². The topological polar surface area (TPSA) is 96.1 Å². The Morgan fingerprint density at radius 2 is 2.09 bits per heavy atom. The van der Waals surface area contributed by atoms with E-state index in [-0.39, 0.29) is 17.7 Å². The second-order valence-corrected chi connectivity index (χ2v) is 6.02. The third kappa shape index (κ3) is 4.63. The van der Waals surface area contributed by atoms with Crippen LogP contribution in [0.5, 0.6) is 0 Å². The fourth-order valence-electron chi connectivity index (χ4n) is 1.73. The van der Waals surface area contributed by atoms with E-state index in [1.165, 1.54) is 0 Å². The van der Waals surface area contributed by atoms with Gasteiger partial charge in [-0.15, -0.1) is 0 Å². The van der Waals surface area contributed by atoms with E-state index in [1.807, 2.05) is 0 Å². The lowest BCUT2D eigenvalue weighted by atomic mass is 10.2. The van der Waals surface area contributed by atoms with Gasteiger partial charge in [-0.05, 0) is 50.6 Å². The van der Waals surface area contributed by atoms with Gasteiger partial charge in [-0.25, -0.2) is 9.78 Å². The number of H-pyrrole nitrogens is 1. The standard InChI is InChI=1S/C14H17ClN4O3/c1-14(2,3)22-13(21)16-7-11(20)17-8-4-5-9-10(6-8)19-12(15)18-9/h4-6H,7H2,1-3H3,(H,16,21)(H,17,20)(H,18,19). The zero-order valence-electron chi connectivity index (χ0n) is 12.5. The number of fused-ring (bicyclic) bond motifs is 1. The van der Waals surface area contributed by atoms with Gasteiger partial charge in [-0.2, -0.15) is 0 Å². The van der Waals surface area contributed by atoms with Crippen LogP contribution >= 0.6 is 11.6 Å². The smallest absolute Gasteiger partial charge is 0.408 e. The van der Waals surface area contributed by atoms with Crippen molar-refractivity contribution in [2.75, 3.05) is 11.9 Å². The van der Waals surface area contributed by atoms with Gasteiger partial charge in [0.25, 0.3) is 0 Å². The molecule has 0 radical (unpaired) electrons. The first-order valence-corrected chi connectivity index (χ1v) is 7.03. The van der Waals surface area contributed by atoms with E-state index >= 15 is 0 Å². The molecule has 1 aromatic heterocycles. The molecule has 2 rings (SSSR count). The fourth-order valence-corrected chi connectivity index (χ4v) is 1.92. The van der Waals surface area contributed by atoms with Crippen LogP contribution in [0.15, 0.2) is 18.2 Å². The largest absolute Gasteiger partial charge is 0.444 e. The van der Waals surface area contributed by atoms with E-state index in [9.17, 15) is 9.59 Å². The molecular weight excluding hydrogens is 308 g/mol. The maximum atomic E-state index is 11.8. The Labute approximate surface area is 132 Å². The summed E-state index contributed by atoms with van der Waals surface area (Å²) >= 11 is 5.76. The van der Waals surface area contributed by atoms with Gasteiger partial charge in [0.05, 0.1) is 11.0 Å². The number of hydrogen-bond donors (Lipinski definition) is 3. The van der Waals surface area contributed by atoms with Crippen molar-refractivity contribution in [1.82, 2.24) is 15.3 Å². The fraction of sp³-hybridized carbons (Fsp3) is 0.357. The molecule has 0 aliphatic carbocycles. The Balaban J connectivity index is 1.89. The second-order valence-electron chi connectivity index (χ2n) is 5.66. The predicted octanol–water partition coefficient (Wildman–Crippen LogP) is 2.68. The molecule has 0 saturated carbocycles. The lowest BCUT2D eigenvalue weighted by Gasteiger charge is -2.19. The molecule has 1 aromatic carbocycles. The number of carbonyl (C=O) groups excluding carboxylic acids is 2. The number of ether oxygens (including phenoxy) is 1. The number of benzene rings is 1. The number of halogens is 1. The van der Waals surface area contributed by atoms with Gasteiger partial charge in [0.15, 0.2) is 0 Å². The summed E-state index contributed by atoms with van der Waals surface area (Å²) in [5.41, 5.74) is 1.38. The van der Waals surface area contributed by atoms with Crippen molar-refractivity contribution >= 4 is 40.3 Å². The molecule has 0 bridgehead atoms. The molecular formula is C14H17ClN4O3. The minimum absolute atomic E-state index is 0.184. The maximum absolute atomic E-state index is 11.8. The van der Waals surface area contributed by atoms with Crippen molar-refractivity contribution < 1.29 is 14.3 Å². The number of aromatic nitrogens is 2. The average Bonchev–Trinajstić information content (AvgIpc) is 2.74. The first kappa shape index (κ1) is 16.1. The molecule has 0 spiro atoms. The van der Waals surface area contributed by atoms with Gasteiger partial charge in [-0.3, -0.25) is 4.79 Å². The molecule has 3 N–H and O–H groups in total. The van der Waals surface area contributed by atoms with E-state index in [4.69, 9.17) is 16.3 Å². The molecule has 7 nitrogen and oxygen atoms in total. The number of aromatic amines is 1. The van der Waals surface area contributed by atoms with Crippen molar-refractivity contribution in [2.24, 2.45) is 0 Å². The lowest BCUT2D eigenvalue weighted by Crippen LogP contribution is -2.37. The normalized spacial score (nSPS) is 11.3. The summed E-state index contributed by atoms with van der Waals surface area (Å²) in [7, 11) is 0. The van der Waals surface area contributed by atoms with Crippen molar-refractivity contribution in [2.45, 2.75) is 26.4 Å². The number of rotatable bonds is 3. The number of imidazole rings is 1. The van der Waals surface area contributed by atoms with E-state index in [1.54, 1.807) is 39.0 Å². The van der Waals surface area contributed by atoms with Crippen molar-refractivity contribution in [1.29, 1.82) is 0 Å². The van der Waals surface area contributed by atoms with Crippen LogP contribution in [0.1, 0.15) is 20.8 Å². The average molecular weight is 325 g/mol. The Bertz CT molecular complexity index is 706. The highest BCUT2D eigenvalue weighted by Gasteiger charge is 2.16. The third-order valence-electron chi connectivity index (χ3n) is 2.53. The molecule has 2 aromatic rings. The third-order valence-corrected chi connectivity index (χ3v) is 2.71. The monoisotopic (exact) mass is 324 g/mol. The Morgan fingerprint density at radius 1 is 1.36 bits per heavy atom. The molecule has 2 amide bonds. The maximum Gasteiger partial charge on any atom is 0.408 e. The van der Waals surface area contributed by atoms with Crippen LogP contribution in [-0.4, -0.2) is 34.1 Å². The van der Waals surface area contributed by atoms with Crippen LogP contribution in [0.4, 0.5) is 10.5 Å². The summed E-state index contributed by atoms with van der Waals surface area (Å²) in [6, 6.07) is 5.14. The number of hydrogen-bond acceptors (Lipinski definition) is 4. The van der Waals surface area contributed by atoms with Crippen LogP contribution in [0.3, 0.4) is 0 Å². The molecule has 0 aliphatic rings. The number of nitrogens with zero attached hydrogens (tertiary/aromatic N) is 1. The number of nitrogens with one attached hydrogen (secondary N) is 3. The number of amides is 2. The van der Waals surface area contributed by atoms with Crippen molar-refractivity contribution in [3.05, 3.63) is 23.5 Å². The van der Waals surface area contributed by atoms with Gasteiger partial charge in [0.1, 0.15) is 12.1 Å². The van der Waals surface area contributed by atoms with E-state index < -0.39 is 11.7 Å². The highest BCUT2D eigenvalue weighted by molar-refractivity contribution is 6.29. The number of carbonyl (C=O) groups is 2. The summed E-state index contributed by atoms with van der Waals surface area (Å²) in [5, 5.41) is 5.33. The van der Waals surface area contributed by atoms with Gasteiger partial charge in [0.2, 0.25) is 11.2 Å². The Hall–Kier alpha value is -2.28. The number of anilines is 1. The molecule has 0 aliphatic heterocycles. The van der Waals surface area contributed by atoms with Gasteiger partial charge < -0.3 is 20.4 Å².